The minimum atomic E-state index is 0.0164. The number of aromatic nitrogens is 6. The van der Waals surface area contributed by atoms with Gasteiger partial charge in [0.25, 0.3) is 0 Å². The van der Waals surface area contributed by atoms with E-state index in [1.165, 1.54) is 0 Å². The summed E-state index contributed by atoms with van der Waals surface area (Å²) in [7, 11) is 1.89. The first kappa shape index (κ1) is 19.4. The van der Waals surface area contributed by atoms with Crippen LogP contribution < -0.4 is 10.2 Å². The molecule has 0 radical (unpaired) electrons. The molecule has 4 aromatic rings. The molecular formula is C22H24N8O. The number of rotatable bonds is 3. The van der Waals surface area contributed by atoms with Crippen molar-refractivity contribution in [1.82, 2.24) is 35.3 Å². The lowest BCUT2D eigenvalue weighted by Gasteiger charge is -2.36. The van der Waals surface area contributed by atoms with E-state index in [0.717, 1.165) is 40.9 Å². The zero-order chi connectivity index (χ0) is 21.5. The molecule has 1 aliphatic heterocycles. The summed E-state index contributed by atoms with van der Waals surface area (Å²) in [5.74, 6) is 1.04. The van der Waals surface area contributed by atoms with Gasteiger partial charge in [-0.1, -0.05) is 6.07 Å². The van der Waals surface area contributed by atoms with Crippen LogP contribution in [0.3, 0.4) is 0 Å². The molecular weight excluding hydrogens is 392 g/mol. The van der Waals surface area contributed by atoms with E-state index in [0.29, 0.717) is 23.6 Å². The van der Waals surface area contributed by atoms with Gasteiger partial charge in [0.2, 0.25) is 5.82 Å². The molecule has 158 valence electrons. The highest BCUT2D eigenvalue weighted by Gasteiger charge is 2.23. The monoisotopic (exact) mass is 416 g/mol. The maximum Gasteiger partial charge on any atom is 0.204 e. The third kappa shape index (κ3) is 3.79. The fourth-order valence-electron chi connectivity index (χ4n) is 4.15. The molecule has 0 amide bonds. The van der Waals surface area contributed by atoms with Crippen molar-refractivity contribution in [3.8, 4) is 28.4 Å². The van der Waals surface area contributed by atoms with Gasteiger partial charge in [-0.3, -0.25) is 4.68 Å². The molecule has 1 saturated heterocycles. The zero-order valence-electron chi connectivity index (χ0n) is 17.7. The summed E-state index contributed by atoms with van der Waals surface area (Å²) >= 11 is 0. The third-order valence-electron chi connectivity index (χ3n) is 5.46. The minimum Gasteiger partial charge on any atom is -0.506 e. The van der Waals surface area contributed by atoms with E-state index >= 15 is 0 Å². The lowest BCUT2D eigenvalue weighted by Crippen LogP contribution is -2.54. The molecule has 2 N–H and O–H groups in total. The van der Waals surface area contributed by atoms with Crippen LogP contribution in [-0.2, 0) is 7.05 Å². The molecule has 31 heavy (non-hydrogen) atoms. The Morgan fingerprint density at radius 2 is 1.81 bits per heavy atom. The molecule has 5 rings (SSSR count). The Labute approximate surface area is 179 Å². The van der Waals surface area contributed by atoms with E-state index in [-0.39, 0.29) is 5.75 Å². The average molecular weight is 416 g/mol. The van der Waals surface area contributed by atoms with Crippen LogP contribution in [0.2, 0.25) is 0 Å². The molecule has 2 atom stereocenters. The molecule has 0 bridgehead atoms. The summed E-state index contributed by atoms with van der Waals surface area (Å²) < 4.78 is 1.78. The Morgan fingerprint density at radius 3 is 2.52 bits per heavy atom. The largest absolute Gasteiger partial charge is 0.506 e. The summed E-state index contributed by atoms with van der Waals surface area (Å²) in [6.45, 7) is 5.99. The van der Waals surface area contributed by atoms with Crippen LogP contribution in [0.15, 0.2) is 42.9 Å². The molecule has 0 spiro atoms. The lowest BCUT2D eigenvalue weighted by molar-refractivity contribution is 0.404. The second-order valence-electron chi connectivity index (χ2n) is 8.18. The second-order valence-corrected chi connectivity index (χ2v) is 8.18. The predicted octanol–water partition coefficient (Wildman–Crippen LogP) is 2.38. The number of nitrogens with zero attached hydrogens (tertiary/aromatic N) is 7. The molecule has 0 unspecified atom stereocenters. The average Bonchev–Trinajstić information content (AvgIpc) is 3.12. The standard InChI is InChI=1S/C22H24N8O/c1-13-10-30(11-14(2)25-13)20-9-24-22(27-26-20)21-19(31)7-16(8-23-21)15-4-5-18-17(6-15)12-29(3)28-18/h4-9,12-14,25,31H,10-11H2,1-3H3/t13-,14+. The van der Waals surface area contributed by atoms with Crippen LogP contribution in [0.25, 0.3) is 33.5 Å². The molecule has 9 heteroatoms. The third-order valence-corrected chi connectivity index (χ3v) is 5.46. The molecule has 0 saturated carbocycles. The van der Waals surface area contributed by atoms with E-state index in [1.54, 1.807) is 23.1 Å². The summed E-state index contributed by atoms with van der Waals surface area (Å²) in [6.07, 6.45) is 5.36. The van der Waals surface area contributed by atoms with Crippen molar-refractivity contribution >= 4 is 16.7 Å². The molecule has 9 nitrogen and oxygen atoms in total. The van der Waals surface area contributed by atoms with E-state index < -0.39 is 0 Å². The van der Waals surface area contributed by atoms with Crippen LogP contribution in [-0.4, -0.2) is 60.2 Å². The van der Waals surface area contributed by atoms with Crippen molar-refractivity contribution in [2.45, 2.75) is 25.9 Å². The number of piperazine rings is 1. The van der Waals surface area contributed by atoms with Gasteiger partial charge < -0.3 is 15.3 Å². The van der Waals surface area contributed by atoms with Crippen molar-refractivity contribution in [2.75, 3.05) is 18.0 Å². The predicted molar refractivity (Wildman–Crippen MR) is 119 cm³/mol. The maximum atomic E-state index is 10.6. The number of anilines is 1. The van der Waals surface area contributed by atoms with Crippen LogP contribution in [0, 0.1) is 0 Å². The molecule has 4 heterocycles. The summed E-state index contributed by atoms with van der Waals surface area (Å²) in [4.78, 5) is 11.0. The molecule has 0 aliphatic carbocycles. The Morgan fingerprint density at radius 1 is 1.00 bits per heavy atom. The number of benzene rings is 1. The van der Waals surface area contributed by atoms with Crippen molar-refractivity contribution in [2.24, 2.45) is 7.05 Å². The number of nitrogens with one attached hydrogen (secondary N) is 1. The van der Waals surface area contributed by atoms with E-state index in [1.807, 2.05) is 31.4 Å². The first-order chi connectivity index (χ1) is 15.0. The summed E-state index contributed by atoms with van der Waals surface area (Å²) in [5.41, 5.74) is 2.99. The minimum absolute atomic E-state index is 0.0164. The summed E-state index contributed by atoms with van der Waals surface area (Å²) in [5, 5.41) is 28.1. The van der Waals surface area contributed by atoms with Gasteiger partial charge in [0.15, 0.2) is 11.5 Å². The fourth-order valence-corrected chi connectivity index (χ4v) is 4.15. The van der Waals surface area contributed by atoms with Crippen molar-refractivity contribution in [3.05, 3.63) is 42.9 Å². The van der Waals surface area contributed by atoms with Crippen molar-refractivity contribution < 1.29 is 5.11 Å². The topological polar surface area (TPSA) is 105 Å². The normalized spacial score (nSPS) is 19.1. The number of hydrogen-bond donors (Lipinski definition) is 2. The number of aromatic hydroxyl groups is 1. The number of fused-ring (bicyclic) bond motifs is 1. The Balaban J connectivity index is 1.40. The van der Waals surface area contributed by atoms with Gasteiger partial charge in [-0.2, -0.15) is 5.10 Å². The maximum absolute atomic E-state index is 10.6. The second kappa shape index (κ2) is 7.59. The molecule has 1 aliphatic rings. The highest BCUT2D eigenvalue weighted by Crippen LogP contribution is 2.30. The Kier molecular flexibility index (Phi) is 4.74. The smallest absolute Gasteiger partial charge is 0.204 e. The highest BCUT2D eigenvalue weighted by molar-refractivity contribution is 5.84. The summed E-state index contributed by atoms with van der Waals surface area (Å²) in [6, 6.07) is 8.37. The van der Waals surface area contributed by atoms with Crippen LogP contribution in [0.1, 0.15) is 13.8 Å². The number of aryl methyl sites for hydroxylation is 1. The molecule has 1 aromatic carbocycles. The number of pyridine rings is 1. The van der Waals surface area contributed by atoms with Gasteiger partial charge in [0, 0.05) is 55.6 Å². The Hall–Kier alpha value is -3.59. The van der Waals surface area contributed by atoms with Gasteiger partial charge in [-0.15, -0.1) is 10.2 Å². The zero-order valence-corrected chi connectivity index (χ0v) is 17.7. The number of hydrogen-bond acceptors (Lipinski definition) is 8. The first-order valence-electron chi connectivity index (χ1n) is 10.3. The van der Waals surface area contributed by atoms with E-state index in [9.17, 15) is 5.11 Å². The van der Waals surface area contributed by atoms with Gasteiger partial charge in [-0.05, 0) is 37.6 Å². The highest BCUT2D eigenvalue weighted by atomic mass is 16.3. The van der Waals surface area contributed by atoms with Crippen molar-refractivity contribution in [3.63, 3.8) is 0 Å². The van der Waals surface area contributed by atoms with Crippen molar-refractivity contribution in [1.29, 1.82) is 0 Å². The van der Waals surface area contributed by atoms with Crippen LogP contribution >= 0.6 is 0 Å². The van der Waals surface area contributed by atoms with Gasteiger partial charge >= 0.3 is 0 Å². The van der Waals surface area contributed by atoms with E-state index in [4.69, 9.17) is 0 Å². The van der Waals surface area contributed by atoms with Crippen LogP contribution in [0.5, 0.6) is 5.75 Å². The fraction of sp³-hybridized carbons (Fsp3) is 0.318. The van der Waals surface area contributed by atoms with E-state index in [2.05, 4.69) is 49.3 Å². The SMILES string of the molecule is C[C@@H]1CN(c2cnc(-c3ncc(-c4ccc5nn(C)cc5c4)cc3O)nn2)C[C@H](C)N1. The first-order valence-corrected chi connectivity index (χ1v) is 10.3. The quantitative estimate of drug-likeness (QED) is 0.525. The van der Waals surface area contributed by atoms with Crippen LogP contribution in [0.4, 0.5) is 5.82 Å². The van der Waals surface area contributed by atoms with Gasteiger partial charge in [0.1, 0.15) is 5.75 Å². The van der Waals surface area contributed by atoms with Gasteiger partial charge in [-0.25, -0.2) is 9.97 Å². The van der Waals surface area contributed by atoms with Gasteiger partial charge in [0.05, 0.1) is 11.7 Å². The molecule has 3 aromatic heterocycles. The molecule has 1 fully saturated rings. The Bertz CT molecular complexity index is 1230. The lowest BCUT2D eigenvalue weighted by atomic mass is 10.1.